The Kier molecular flexibility index (Phi) is 4.58. The van der Waals surface area contributed by atoms with E-state index < -0.39 is 0 Å². The molecule has 22 heavy (non-hydrogen) atoms. The van der Waals surface area contributed by atoms with Crippen molar-refractivity contribution in [2.45, 2.75) is 0 Å². The first-order chi connectivity index (χ1) is 10.6. The number of nitrogens with one attached hydrogen (secondary N) is 1. The molecule has 1 amide bonds. The molecule has 3 rings (SSSR count). The first-order valence-electron chi connectivity index (χ1n) is 6.39. The Labute approximate surface area is 149 Å². The van der Waals surface area contributed by atoms with E-state index in [-0.39, 0.29) is 5.91 Å². The predicted octanol–water partition coefficient (Wildman–Crippen LogP) is 4.96. The Bertz CT molecular complexity index is 802. The summed E-state index contributed by atoms with van der Waals surface area (Å²) in [7, 11) is 0. The first-order valence-corrected chi connectivity index (χ1v) is 8.26. The number of amides is 1. The van der Waals surface area contributed by atoms with Gasteiger partial charge >= 0.3 is 0 Å². The maximum Gasteiger partial charge on any atom is 0.256 e. The normalized spacial score (nSPS) is 10.5. The van der Waals surface area contributed by atoms with Crippen molar-refractivity contribution in [1.82, 2.24) is 4.98 Å². The van der Waals surface area contributed by atoms with Gasteiger partial charge in [-0.05, 0) is 65.1 Å². The first kappa shape index (κ1) is 15.2. The average molecular weight is 469 g/mol. The molecule has 1 aromatic heterocycles. The molecule has 0 atom stereocenters. The zero-order valence-corrected chi connectivity index (χ0v) is 15.0. The van der Waals surface area contributed by atoms with Crippen molar-refractivity contribution in [1.29, 1.82) is 0 Å². The number of rotatable bonds is 3. The number of hydrogen-bond acceptors (Lipinski definition) is 3. The third kappa shape index (κ3) is 3.38. The fourth-order valence-electron chi connectivity index (χ4n) is 1.95. The third-order valence-corrected chi connectivity index (χ3v) is 4.47. The van der Waals surface area contributed by atoms with Gasteiger partial charge in [0.25, 0.3) is 5.91 Å². The number of carbonyl (C=O) groups excluding carboxylic acids is 1. The molecule has 4 nitrogen and oxygen atoms in total. The molecule has 0 saturated carbocycles. The fourth-order valence-corrected chi connectivity index (χ4v) is 2.89. The molecule has 0 aliphatic carbocycles. The summed E-state index contributed by atoms with van der Waals surface area (Å²) in [5.74, 6) is 0.553. The lowest BCUT2D eigenvalue weighted by atomic mass is 10.1. The summed E-state index contributed by atoms with van der Waals surface area (Å²) in [5.41, 5.74) is 2.27. The van der Waals surface area contributed by atoms with Crippen LogP contribution in [0.1, 0.15) is 10.4 Å². The third-order valence-electron chi connectivity index (χ3n) is 3.03. The minimum absolute atomic E-state index is 0.141. The topological polar surface area (TPSA) is 55.1 Å². The molecule has 0 spiro atoms. The molecule has 0 saturated heterocycles. The lowest BCUT2D eigenvalue weighted by Gasteiger charge is -2.08. The van der Waals surface area contributed by atoms with Crippen LogP contribution in [0, 0.1) is 3.57 Å². The van der Waals surface area contributed by atoms with Gasteiger partial charge in [0.1, 0.15) is 0 Å². The van der Waals surface area contributed by atoms with Crippen LogP contribution in [0.5, 0.6) is 0 Å². The molecule has 0 aliphatic rings. The highest BCUT2D eigenvalue weighted by atomic mass is 127. The molecular formula is C16H10BrIN2O2. The monoisotopic (exact) mass is 468 g/mol. The van der Waals surface area contributed by atoms with Crippen LogP contribution in [-0.2, 0) is 0 Å². The summed E-state index contributed by atoms with van der Waals surface area (Å²) in [6.07, 6.45) is 3.04. The van der Waals surface area contributed by atoms with E-state index in [1.165, 1.54) is 6.39 Å². The van der Waals surface area contributed by atoms with Gasteiger partial charge < -0.3 is 9.73 Å². The lowest BCUT2D eigenvalue weighted by Crippen LogP contribution is -2.13. The second-order valence-corrected chi connectivity index (χ2v) is 6.60. The largest absolute Gasteiger partial charge is 0.444 e. The molecule has 3 aromatic rings. The molecular weight excluding hydrogens is 459 g/mol. The minimum atomic E-state index is -0.141. The zero-order valence-electron chi connectivity index (χ0n) is 11.2. The van der Waals surface area contributed by atoms with Crippen LogP contribution in [0.25, 0.3) is 11.3 Å². The Morgan fingerprint density at radius 2 is 1.95 bits per heavy atom. The molecule has 110 valence electrons. The predicted molar refractivity (Wildman–Crippen MR) is 96.8 cm³/mol. The van der Waals surface area contributed by atoms with Gasteiger partial charge in [0, 0.05) is 19.3 Å². The summed E-state index contributed by atoms with van der Waals surface area (Å²) in [6.45, 7) is 0. The molecule has 0 fully saturated rings. The van der Waals surface area contributed by atoms with Crippen molar-refractivity contribution in [3.05, 3.63) is 68.7 Å². The number of anilines is 1. The van der Waals surface area contributed by atoms with E-state index in [2.05, 4.69) is 48.8 Å². The van der Waals surface area contributed by atoms with Crippen molar-refractivity contribution >= 4 is 50.1 Å². The maximum atomic E-state index is 12.3. The average Bonchev–Trinajstić information content (AvgIpc) is 3.05. The number of carbonyl (C=O) groups is 1. The fraction of sp³-hybridized carbons (Fsp3) is 0. The van der Waals surface area contributed by atoms with Crippen LogP contribution >= 0.6 is 38.5 Å². The highest BCUT2D eigenvalue weighted by Crippen LogP contribution is 2.22. The highest BCUT2D eigenvalue weighted by molar-refractivity contribution is 14.1. The lowest BCUT2D eigenvalue weighted by molar-refractivity contribution is 0.102. The molecule has 2 aromatic carbocycles. The van der Waals surface area contributed by atoms with Crippen molar-refractivity contribution in [3.8, 4) is 11.3 Å². The van der Waals surface area contributed by atoms with Gasteiger partial charge in [-0.15, -0.1) is 0 Å². The summed E-state index contributed by atoms with van der Waals surface area (Å²) >= 11 is 5.53. The molecule has 0 bridgehead atoms. The molecule has 0 radical (unpaired) electrons. The Hall–Kier alpha value is -1.67. The smallest absolute Gasteiger partial charge is 0.256 e. The summed E-state index contributed by atoms with van der Waals surface area (Å²) < 4.78 is 7.01. The van der Waals surface area contributed by atoms with Crippen LogP contribution in [-0.4, -0.2) is 10.9 Å². The Morgan fingerprint density at radius 3 is 2.64 bits per heavy atom. The van der Waals surface area contributed by atoms with Gasteiger partial charge in [-0.1, -0.05) is 15.9 Å². The van der Waals surface area contributed by atoms with Crippen LogP contribution in [0.15, 0.2) is 63.9 Å². The van der Waals surface area contributed by atoms with Gasteiger partial charge in [0.2, 0.25) is 0 Å². The number of nitrogens with zero attached hydrogens (tertiary/aromatic N) is 1. The minimum Gasteiger partial charge on any atom is -0.444 e. The van der Waals surface area contributed by atoms with Crippen molar-refractivity contribution in [3.63, 3.8) is 0 Å². The maximum absolute atomic E-state index is 12.3. The van der Waals surface area contributed by atoms with Crippen molar-refractivity contribution in [2.24, 2.45) is 0 Å². The number of oxazole rings is 1. The number of halogens is 2. The van der Waals surface area contributed by atoms with Crippen LogP contribution in [0.2, 0.25) is 0 Å². The van der Waals surface area contributed by atoms with E-state index in [9.17, 15) is 4.79 Å². The second-order valence-electron chi connectivity index (χ2n) is 4.52. The summed E-state index contributed by atoms with van der Waals surface area (Å²) in [6, 6.07) is 13.0. The van der Waals surface area contributed by atoms with Crippen molar-refractivity contribution in [2.75, 3.05) is 5.32 Å². The standard InChI is InChI=1S/C16H10BrIN2O2/c17-11-3-6-14(18)13(7-11)16(21)20-12-4-1-10(2-5-12)15-8-19-9-22-15/h1-9H,(H,20,21). The molecule has 1 N–H and O–H groups in total. The molecule has 1 heterocycles. The highest BCUT2D eigenvalue weighted by Gasteiger charge is 2.11. The van der Waals surface area contributed by atoms with Crippen LogP contribution in [0.4, 0.5) is 5.69 Å². The molecule has 6 heteroatoms. The van der Waals surface area contributed by atoms with E-state index in [0.717, 1.165) is 19.3 Å². The zero-order chi connectivity index (χ0) is 15.5. The SMILES string of the molecule is O=C(Nc1ccc(-c2cnco2)cc1)c1cc(Br)ccc1I. The van der Waals surface area contributed by atoms with Gasteiger partial charge in [-0.3, -0.25) is 4.79 Å². The number of hydrogen-bond donors (Lipinski definition) is 1. The Morgan fingerprint density at radius 1 is 1.18 bits per heavy atom. The van der Waals surface area contributed by atoms with Gasteiger partial charge in [-0.2, -0.15) is 0 Å². The van der Waals surface area contributed by atoms with Crippen molar-refractivity contribution < 1.29 is 9.21 Å². The quantitative estimate of drug-likeness (QED) is 0.552. The van der Waals surface area contributed by atoms with E-state index in [4.69, 9.17) is 4.42 Å². The molecule has 0 aliphatic heterocycles. The summed E-state index contributed by atoms with van der Waals surface area (Å²) in [5, 5.41) is 2.89. The number of aromatic nitrogens is 1. The van der Waals surface area contributed by atoms with E-state index in [1.54, 1.807) is 12.3 Å². The van der Waals surface area contributed by atoms with E-state index in [1.807, 2.05) is 36.4 Å². The van der Waals surface area contributed by atoms with Crippen LogP contribution < -0.4 is 5.32 Å². The van der Waals surface area contributed by atoms with Gasteiger partial charge in [0.05, 0.1) is 11.8 Å². The summed E-state index contributed by atoms with van der Waals surface area (Å²) in [4.78, 5) is 16.2. The Balaban J connectivity index is 1.78. The molecule has 0 unspecified atom stereocenters. The number of benzene rings is 2. The van der Waals surface area contributed by atoms with E-state index in [0.29, 0.717) is 11.3 Å². The van der Waals surface area contributed by atoms with Crippen LogP contribution in [0.3, 0.4) is 0 Å². The van der Waals surface area contributed by atoms with E-state index >= 15 is 0 Å². The van der Waals surface area contributed by atoms with Gasteiger partial charge in [-0.25, -0.2) is 4.98 Å². The van der Waals surface area contributed by atoms with Gasteiger partial charge in [0.15, 0.2) is 12.2 Å². The second kappa shape index (κ2) is 6.62.